The molecule has 45 heavy (non-hydrogen) atoms. The van der Waals surface area contributed by atoms with E-state index >= 15 is 0 Å². The number of carboxylic acid groups (broad SMARTS) is 1. The van der Waals surface area contributed by atoms with Gasteiger partial charge < -0.3 is 41.2 Å². The van der Waals surface area contributed by atoms with Gasteiger partial charge in [-0.1, -0.05) is 31.8 Å². The second-order valence-electron chi connectivity index (χ2n) is 15.6. The number of likely N-dealkylation sites (tertiary alicyclic amines) is 1. The van der Waals surface area contributed by atoms with Crippen LogP contribution in [0.4, 0.5) is 0 Å². The van der Waals surface area contributed by atoms with Crippen LogP contribution >= 0.6 is 0 Å². The zero-order valence-corrected chi connectivity index (χ0v) is 27.7. The van der Waals surface area contributed by atoms with Crippen molar-refractivity contribution in [2.45, 2.75) is 121 Å². The molecular weight excluding hydrogens is 570 g/mol. The molecule has 6 aliphatic rings. The summed E-state index contributed by atoms with van der Waals surface area (Å²) in [5.74, 6) is 0.233. The number of carbonyl (C=O) groups excluding carboxylic acids is 1. The molecule has 10 nitrogen and oxygen atoms in total. The highest BCUT2D eigenvalue weighted by Crippen LogP contribution is 2.76. The van der Waals surface area contributed by atoms with E-state index < -0.39 is 17.0 Å². The second kappa shape index (κ2) is 13.5. The predicted molar refractivity (Wildman–Crippen MR) is 171 cm³/mol. The number of nitrogens with two attached hydrogens (primary N) is 1. The molecule has 1 unspecified atom stereocenters. The first-order valence-electron chi connectivity index (χ1n) is 18.1. The van der Waals surface area contributed by atoms with E-state index in [1.165, 1.54) is 24.2 Å². The van der Waals surface area contributed by atoms with Gasteiger partial charge in [0.2, 0.25) is 0 Å². The molecule has 5 fully saturated rings. The van der Waals surface area contributed by atoms with Crippen molar-refractivity contribution < 1.29 is 29.8 Å². The van der Waals surface area contributed by atoms with Crippen LogP contribution in [0.1, 0.15) is 96.8 Å². The highest BCUT2D eigenvalue weighted by atomic mass is 16.5. The van der Waals surface area contributed by atoms with Gasteiger partial charge in [0.25, 0.3) is 5.96 Å². The maximum absolute atomic E-state index is 13.1. The minimum Gasteiger partial charge on any atom is -0.545 e. The van der Waals surface area contributed by atoms with E-state index in [1.807, 2.05) is 7.05 Å². The van der Waals surface area contributed by atoms with E-state index in [2.05, 4.69) is 17.6 Å². The van der Waals surface area contributed by atoms with Crippen LogP contribution in [0.15, 0.2) is 16.1 Å². The van der Waals surface area contributed by atoms with Crippen molar-refractivity contribution in [1.82, 2.24) is 10.6 Å². The first kappa shape index (κ1) is 33.3. The average Bonchev–Trinajstić information content (AvgIpc) is 3.39. The summed E-state index contributed by atoms with van der Waals surface area (Å²) in [5, 5.41) is 42.1. The number of carbonyl (C=O) groups is 1. The molecule has 0 amide bonds. The van der Waals surface area contributed by atoms with Crippen LogP contribution < -0.4 is 26.4 Å². The minimum absolute atomic E-state index is 0.00231. The largest absolute Gasteiger partial charge is 0.545 e. The highest BCUT2D eigenvalue weighted by molar-refractivity contribution is 5.90. The molecule has 5 aliphatic carbocycles. The maximum Gasteiger partial charge on any atom is 0.293 e. The fourth-order valence-corrected chi connectivity index (χ4v) is 11.5. The lowest BCUT2D eigenvalue weighted by molar-refractivity contribution is -0.829. The molecule has 254 valence electrons. The number of aliphatic hydroxyl groups excluding tert-OH is 1. The number of nitrogens with zero attached hydrogens (tertiary/aromatic N) is 1. The Balaban J connectivity index is 1.37. The molecule has 0 aromatic heterocycles. The zero-order valence-electron chi connectivity index (χ0n) is 27.7. The average molecular weight is 630 g/mol. The van der Waals surface area contributed by atoms with Crippen LogP contribution in [0.5, 0.6) is 0 Å². The summed E-state index contributed by atoms with van der Waals surface area (Å²) in [5.41, 5.74) is 5.58. The quantitative estimate of drug-likeness (QED) is 0.114. The number of aliphatic imine (C=N–C) groups is 1. The fraction of sp³-hybridized carbons (Fsp3) is 0.886. The molecule has 0 aromatic rings. The number of hydrogen-bond acceptors (Lipinski definition) is 8. The smallest absolute Gasteiger partial charge is 0.293 e. The van der Waals surface area contributed by atoms with E-state index in [-0.39, 0.29) is 42.1 Å². The molecule has 0 aromatic carbocycles. The summed E-state index contributed by atoms with van der Waals surface area (Å²) in [6.07, 6.45) is 13.9. The molecular formula is C35H59N5O5. The summed E-state index contributed by atoms with van der Waals surface area (Å²) >= 11 is 0. The monoisotopic (exact) mass is 629 g/mol. The van der Waals surface area contributed by atoms with Gasteiger partial charge in [0.15, 0.2) is 0 Å². The van der Waals surface area contributed by atoms with E-state index in [0.29, 0.717) is 43.3 Å². The van der Waals surface area contributed by atoms with Gasteiger partial charge in [0, 0.05) is 35.4 Å². The number of piperidine rings is 1. The molecule has 7 N–H and O–H groups in total. The van der Waals surface area contributed by atoms with Gasteiger partial charge in [-0.25, -0.2) is 4.99 Å². The Morgan fingerprint density at radius 1 is 1.13 bits per heavy atom. The van der Waals surface area contributed by atoms with Crippen molar-refractivity contribution in [3.05, 3.63) is 11.1 Å². The number of guanidine groups is 1. The third-order valence-corrected chi connectivity index (χ3v) is 13.4. The summed E-state index contributed by atoms with van der Waals surface area (Å²) < 4.78 is 6.44. The van der Waals surface area contributed by atoms with E-state index in [1.54, 1.807) is 0 Å². The van der Waals surface area contributed by atoms with E-state index in [9.17, 15) is 20.1 Å². The van der Waals surface area contributed by atoms with Gasteiger partial charge in [-0.05, 0) is 95.6 Å². The summed E-state index contributed by atoms with van der Waals surface area (Å²) in [7, 11) is 1.98. The van der Waals surface area contributed by atoms with Gasteiger partial charge in [-0.15, -0.1) is 0 Å². The molecule has 10 heteroatoms. The van der Waals surface area contributed by atoms with Gasteiger partial charge in [-0.3, -0.25) is 4.90 Å². The number of allylic oxidation sites excluding steroid dienone is 1. The molecule has 1 aliphatic heterocycles. The first-order valence-corrected chi connectivity index (χ1v) is 18.1. The maximum atomic E-state index is 13.1. The lowest BCUT2D eigenvalue weighted by atomic mass is 9.45. The summed E-state index contributed by atoms with van der Waals surface area (Å²) in [6.45, 7) is 5.33. The van der Waals surface area contributed by atoms with Crippen molar-refractivity contribution in [3.8, 4) is 0 Å². The van der Waals surface area contributed by atoms with Gasteiger partial charge in [0.05, 0.1) is 44.4 Å². The van der Waals surface area contributed by atoms with Crippen LogP contribution in [-0.2, 0) is 9.53 Å². The standard InChI is InChI=1S/C35H59N5O5/c1-23-11-12-24-17-29-30(31(42)43)33(44,22-45-28-10-6-9-27(18-28)37-2)20-34(23,29)35(24)21-40(15-13-25(35)19-38-14-16-41)32(36)39-26-7-4-3-5-8-26/h23-28,37-38,41,44H,3-22H2,1-2H3,(H2,36,39)(H,42,43)/t23-,24-,25-,27+,28+,33-,34+,35-/m1/s1. The number of aliphatic hydroxyl groups is 2. The number of aliphatic carboxylic acids is 1. The predicted octanol–water partition coefficient (Wildman–Crippen LogP) is 0.272. The van der Waals surface area contributed by atoms with Crippen LogP contribution in [0.3, 0.4) is 0 Å². The SMILES string of the molecule is CN[C@H]1CCC[C@H](OC[C@]2(O)C[C@@]34C(=C2C(=O)[O-])C[C@@H](CC[C@H]3C)[C@@]42C[NH+](C(N)=NC3CCCCC3)CC[C@@H]2CNCCO)C1. The van der Waals surface area contributed by atoms with E-state index in [0.717, 1.165) is 83.0 Å². The van der Waals surface area contributed by atoms with Crippen LogP contribution in [0.2, 0.25) is 0 Å². The van der Waals surface area contributed by atoms with Crippen molar-refractivity contribution in [2.75, 3.05) is 46.4 Å². The third kappa shape index (κ3) is 5.79. The Hall–Kier alpha value is -1.56. The Kier molecular flexibility index (Phi) is 10.0. The van der Waals surface area contributed by atoms with Crippen LogP contribution in [-0.4, -0.2) is 92.4 Å². The van der Waals surface area contributed by atoms with Crippen molar-refractivity contribution in [1.29, 1.82) is 0 Å². The van der Waals surface area contributed by atoms with Crippen LogP contribution in [0, 0.1) is 28.6 Å². The topological polar surface area (TPSA) is 157 Å². The van der Waals surface area contributed by atoms with Gasteiger partial charge >= 0.3 is 0 Å². The lowest BCUT2D eigenvalue weighted by Crippen LogP contribution is -3.19. The number of hydrogen-bond donors (Lipinski definition) is 6. The molecule has 6 rings (SSSR count). The summed E-state index contributed by atoms with van der Waals surface area (Å²) in [4.78, 5) is 19.4. The highest BCUT2D eigenvalue weighted by Gasteiger charge is 2.75. The van der Waals surface area contributed by atoms with Crippen molar-refractivity contribution in [3.63, 3.8) is 0 Å². The summed E-state index contributed by atoms with van der Waals surface area (Å²) in [6, 6.07) is 0.674. The van der Waals surface area contributed by atoms with Crippen molar-refractivity contribution >= 4 is 11.9 Å². The number of ether oxygens (including phenoxy) is 1. The van der Waals surface area contributed by atoms with Crippen molar-refractivity contribution in [2.24, 2.45) is 39.3 Å². The minimum atomic E-state index is -1.59. The number of carboxylic acids is 1. The normalized spacial score (nSPS) is 42.4. The van der Waals surface area contributed by atoms with Crippen LogP contribution in [0.25, 0.3) is 0 Å². The number of quaternary nitrogens is 1. The Morgan fingerprint density at radius 2 is 1.93 bits per heavy atom. The Labute approximate surface area is 269 Å². The Morgan fingerprint density at radius 3 is 2.67 bits per heavy atom. The molecule has 2 bridgehead atoms. The second-order valence-corrected chi connectivity index (χ2v) is 15.6. The first-order chi connectivity index (χ1) is 21.7. The Bertz CT molecular complexity index is 1140. The molecule has 1 saturated heterocycles. The van der Waals surface area contributed by atoms with Gasteiger partial charge in [-0.2, -0.15) is 0 Å². The molecule has 1 heterocycles. The fourth-order valence-electron chi connectivity index (χ4n) is 11.5. The zero-order chi connectivity index (χ0) is 31.8. The molecule has 9 atom stereocenters. The number of rotatable bonds is 10. The molecule has 4 saturated carbocycles. The number of nitrogens with one attached hydrogen (secondary N) is 3. The third-order valence-electron chi connectivity index (χ3n) is 13.4. The molecule has 0 radical (unpaired) electrons. The van der Waals surface area contributed by atoms with Gasteiger partial charge in [0.1, 0.15) is 5.60 Å². The lowest BCUT2D eigenvalue weighted by Gasteiger charge is -2.60. The van der Waals surface area contributed by atoms with E-state index in [4.69, 9.17) is 15.5 Å². The molecule has 2 spiro atoms.